The Morgan fingerprint density at radius 1 is 1.00 bits per heavy atom. The molecule has 0 fully saturated rings. The van der Waals surface area contributed by atoms with Crippen molar-refractivity contribution >= 4 is 11.8 Å². The minimum Gasteiger partial charge on any atom is -0.483 e. The van der Waals surface area contributed by atoms with Gasteiger partial charge in [0.15, 0.2) is 6.61 Å². The van der Waals surface area contributed by atoms with E-state index in [2.05, 4.69) is 5.32 Å². The lowest BCUT2D eigenvalue weighted by Crippen LogP contribution is -2.54. The van der Waals surface area contributed by atoms with Gasteiger partial charge in [0, 0.05) is 12.1 Å². The maximum Gasteiger partial charge on any atom is 0.261 e. The van der Waals surface area contributed by atoms with Crippen LogP contribution >= 0.6 is 0 Å². The van der Waals surface area contributed by atoms with E-state index in [-0.39, 0.29) is 24.0 Å². The summed E-state index contributed by atoms with van der Waals surface area (Å²) in [5.41, 5.74) is 3.85. The van der Waals surface area contributed by atoms with Crippen LogP contribution < -0.4 is 10.1 Å². The van der Waals surface area contributed by atoms with Crippen LogP contribution in [0.4, 0.5) is 0 Å². The minimum atomic E-state index is -0.575. The number of amides is 2. The molecular formula is C26H36N2O3. The van der Waals surface area contributed by atoms with Crippen molar-refractivity contribution in [2.75, 3.05) is 6.61 Å². The number of ether oxygens (including phenoxy) is 1. The number of benzene rings is 2. The van der Waals surface area contributed by atoms with Gasteiger partial charge in [-0.15, -0.1) is 0 Å². The molecule has 0 bridgehead atoms. The molecule has 0 saturated carbocycles. The molecule has 0 aromatic heterocycles. The average molecular weight is 425 g/mol. The van der Waals surface area contributed by atoms with Gasteiger partial charge in [0.05, 0.1) is 0 Å². The summed E-state index contributed by atoms with van der Waals surface area (Å²) < 4.78 is 5.88. The topological polar surface area (TPSA) is 58.6 Å². The second kappa shape index (κ2) is 10.5. The van der Waals surface area contributed by atoms with Crippen LogP contribution in [0.25, 0.3) is 0 Å². The molecule has 0 heterocycles. The van der Waals surface area contributed by atoms with Crippen LogP contribution in [0.5, 0.6) is 5.75 Å². The summed E-state index contributed by atoms with van der Waals surface area (Å²) in [5.74, 6) is 0.333. The minimum absolute atomic E-state index is 0.116. The highest BCUT2D eigenvalue weighted by atomic mass is 16.5. The molecule has 0 spiro atoms. The summed E-state index contributed by atoms with van der Waals surface area (Å²) in [6.07, 6.45) is 0.517. The third-order valence-corrected chi connectivity index (χ3v) is 5.39. The molecule has 0 saturated heterocycles. The van der Waals surface area contributed by atoms with Crippen LogP contribution in [-0.4, -0.2) is 34.9 Å². The van der Waals surface area contributed by atoms with Gasteiger partial charge in [0.1, 0.15) is 11.8 Å². The lowest BCUT2D eigenvalue weighted by molar-refractivity contribution is -0.143. The Labute approximate surface area is 186 Å². The SMILES string of the molecule is CC[C@H](C(=O)NC(C)(C)C)N(Cc1ccccc1C)C(=O)COc1cccc(C)c1C. The fourth-order valence-corrected chi connectivity index (χ4v) is 3.45. The van der Waals surface area contributed by atoms with Crippen molar-refractivity contribution in [3.8, 4) is 5.75 Å². The van der Waals surface area contributed by atoms with Crippen LogP contribution in [0, 0.1) is 20.8 Å². The summed E-state index contributed by atoms with van der Waals surface area (Å²) in [6.45, 7) is 14.0. The third-order valence-electron chi connectivity index (χ3n) is 5.39. The molecule has 0 radical (unpaired) electrons. The van der Waals surface area contributed by atoms with Gasteiger partial charge < -0.3 is 15.0 Å². The second-order valence-corrected chi connectivity index (χ2v) is 9.10. The van der Waals surface area contributed by atoms with Crippen molar-refractivity contribution in [3.05, 3.63) is 64.7 Å². The lowest BCUT2D eigenvalue weighted by atomic mass is 10.0. The standard InChI is InChI=1S/C26H36N2O3/c1-8-22(25(30)27-26(5,6)7)28(16-21-14-10-9-12-19(21)3)24(29)17-31-23-15-11-13-18(2)20(23)4/h9-15,22H,8,16-17H2,1-7H3,(H,27,30)/t22-/m1/s1. The lowest BCUT2D eigenvalue weighted by Gasteiger charge is -2.33. The van der Waals surface area contributed by atoms with Crippen molar-refractivity contribution in [1.82, 2.24) is 10.2 Å². The Hall–Kier alpha value is -2.82. The second-order valence-electron chi connectivity index (χ2n) is 9.10. The van der Waals surface area contributed by atoms with Crippen LogP contribution in [0.2, 0.25) is 0 Å². The fourth-order valence-electron chi connectivity index (χ4n) is 3.45. The zero-order valence-corrected chi connectivity index (χ0v) is 19.9. The summed E-state index contributed by atoms with van der Waals surface area (Å²) in [4.78, 5) is 28.0. The summed E-state index contributed by atoms with van der Waals surface area (Å²) in [7, 11) is 0. The number of aryl methyl sites for hydroxylation is 2. The predicted molar refractivity (Wildman–Crippen MR) is 125 cm³/mol. The van der Waals surface area contributed by atoms with Gasteiger partial charge in [0.25, 0.3) is 5.91 Å². The van der Waals surface area contributed by atoms with E-state index in [4.69, 9.17) is 4.74 Å². The molecule has 1 atom stereocenters. The molecule has 2 aromatic rings. The molecular weight excluding hydrogens is 388 g/mol. The van der Waals surface area contributed by atoms with Gasteiger partial charge in [-0.2, -0.15) is 0 Å². The first-order chi connectivity index (χ1) is 14.5. The van der Waals surface area contributed by atoms with Gasteiger partial charge in [-0.3, -0.25) is 9.59 Å². The number of nitrogens with zero attached hydrogens (tertiary/aromatic N) is 1. The molecule has 0 aliphatic carbocycles. The number of carbonyl (C=O) groups is 2. The number of rotatable bonds is 8. The van der Waals surface area contributed by atoms with E-state index >= 15 is 0 Å². The smallest absolute Gasteiger partial charge is 0.261 e. The number of hydrogen-bond donors (Lipinski definition) is 1. The average Bonchev–Trinajstić information content (AvgIpc) is 2.68. The first kappa shape index (κ1) is 24.4. The zero-order chi connectivity index (χ0) is 23.2. The van der Waals surface area contributed by atoms with Crippen molar-refractivity contribution < 1.29 is 14.3 Å². The molecule has 31 heavy (non-hydrogen) atoms. The quantitative estimate of drug-likeness (QED) is 0.667. The Bertz CT molecular complexity index is 915. The molecule has 2 aromatic carbocycles. The van der Waals surface area contributed by atoms with E-state index in [1.165, 1.54) is 0 Å². The molecule has 0 aliphatic rings. The molecule has 1 N–H and O–H groups in total. The fraction of sp³-hybridized carbons (Fsp3) is 0.462. The summed E-state index contributed by atoms with van der Waals surface area (Å²) >= 11 is 0. The largest absolute Gasteiger partial charge is 0.483 e. The number of hydrogen-bond acceptors (Lipinski definition) is 3. The summed E-state index contributed by atoms with van der Waals surface area (Å²) in [6, 6.07) is 13.2. The van der Waals surface area contributed by atoms with Gasteiger partial charge in [-0.05, 0) is 76.3 Å². The van der Waals surface area contributed by atoms with Crippen LogP contribution in [0.15, 0.2) is 42.5 Å². The van der Waals surface area contributed by atoms with E-state index in [1.54, 1.807) is 4.90 Å². The molecule has 5 nitrogen and oxygen atoms in total. The van der Waals surface area contributed by atoms with Gasteiger partial charge in [-0.1, -0.05) is 43.3 Å². The maximum absolute atomic E-state index is 13.3. The van der Waals surface area contributed by atoms with Gasteiger partial charge in [0.2, 0.25) is 5.91 Å². The van der Waals surface area contributed by atoms with E-state index < -0.39 is 6.04 Å². The van der Waals surface area contributed by atoms with Crippen LogP contribution in [0.1, 0.15) is 56.4 Å². The highest BCUT2D eigenvalue weighted by Gasteiger charge is 2.31. The van der Waals surface area contributed by atoms with Crippen LogP contribution in [-0.2, 0) is 16.1 Å². The zero-order valence-electron chi connectivity index (χ0n) is 19.9. The Balaban J connectivity index is 2.28. The highest BCUT2D eigenvalue weighted by Crippen LogP contribution is 2.21. The number of carbonyl (C=O) groups excluding carboxylic acids is 2. The molecule has 168 valence electrons. The monoisotopic (exact) mass is 424 g/mol. The van der Waals surface area contributed by atoms with Crippen molar-refractivity contribution in [2.24, 2.45) is 0 Å². The molecule has 2 rings (SSSR count). The normalized spacial score (nSPS) is 12.2. The van der Waals surface area contributed by atoms with Crippen LogP contribution in [0.3, 0.4) is 0 Å². The van der Waals surface area contributed by atoms with E-state index in [9.17, 15) is 9.59 Å². The first-order valence-corrected chi connectivity index (χ1v) is 10.9. The van der Waals surface area contributed by atoms with E-state index in [1.807, 2.05) is 90.9 Å². The van der Waals surface area contributed by atoms with Crippen molar-refractivity contribution in [1.29, 1.82) is 0 Å². The Morgan fingerprint density at radius 2 is 1.65 bits per heavy atom. The Kier molecular flexibility index (Phi) is 8.26. The van der Waals surface area contributed by atoms with Gasteiger partial charge in [-0.25, -0.2) is 0 Å². The van der Waals surface area contributed by atoms with Gasteiger partial charge >= 0.3 is 0 Å². The van der Waals surface area contributed by atoms with E-state index in [0.29, 0.717) is 18.7 Å². The van der Waals surface area contributed by atoms with Crippen molar-refractivity contribution in [3.63, 3.8) is 0 Å². The molecule has 0 unspecified atom stereocenters. The number of nitrogens with one attached hydrogen (secondary N) is 1. The maximum atomic E-state index is 13.3. The predicted octanol–water partition coefficient (Wildman–Crippen LogP) is 4.71. The molecule has 2 amide bonds. The third kappa shape index (κ3) is 6.84. The Morgan fingerprint density at radius 3 is 2.26 bits per heavy atom. The molecule has 0 aliphatic heterocycles. The van der Waals surface area contributed by atoms with E-state index in [0.717, 1.165) is 22.3 Å². The first-order valence-electron chi connectivity index (χ1n) is 10.9. The van der Waals surface area contributed by atoms with Crippen molar-refractivity contribution in [2.45, 2.75) is 73.0 Å². The molecule has 5 heteroatoms. The highest BCUT2D eigenvalue weighted by molar-refractivity contribution is 5.88. The summed E-state index contributed by atoms with van der Waals surface area (Å²) in [5, 5.41) is 3.02.